The molecule has 2 amide bonds. The number of hydrogen-bond acceptors (Lipinski definition) is 2. The molecule has 1 fully saturated rings. The Labute approximate surface area is 120 Å². The first-order valence-corrected chi connectivity index (χ1v) is 6.77. The van der Waals surface area contributed by atoms with E-state index in [2.05, 4.69) is 10.6 Å². The van der Waals surface area contributed by atoms with Crippen molar-refractivity contribution in [2.45, 2.75) is 44.0 Å². The van der Waals surface area contributed by atoms with Gasteiger partial charge in [-0.1, -0.05) is 6.07 Å². The Morgan fingerprint density at radius 3 is 2.48 bits per heavy atom. The van der Waals surface area contributed by atoms with E-state index in [4.69, 9.17) is 0 Å². The molecule has 2 rings (SSSR count). The molecule has 0 saturated heterocycles. The van der Waals surface area contributed by atoms with Crippen molar-refractivity contribution in [3.8, 4) is 0 Å². The van der Waals surface area contributed by atoms with E-state index >= 15 is 0 Å². The van der Waals surface area contributed by atoms with E-state index in [-0.39, 0.29) is 17.8 Å². The van der Waals surface area contributed by atoms with E-state index in [0.717, 1.165) is 12.1 Å². The molecule has 7 heteroatoms. The number of urea groups is 1. The molecule has 21 heavy (non-hydrogen) atoms. The number of hydrogen-bond donors (Lipinski definition) is 3. The third kappa shape index (κ3) is 4.63. The van der Waals surface area contributed by atoms with Crippen molar-refractivity contribution in [1.29, 1.82) is 0 Å². The zero-order valence-electron chi connectivity index (χ0n) is 11.3. The van der Waals surface area contributed by atoms with Gasteiger partial charge in [0.2, 0.25) is 0 Å². The topological polar surface area (TPSA) is 61.4 Å². The second-order valence-electron chi connectivity index (χ2n) is 5.18. The van der Waals surface area contributed by atoms with Gasteiger partial charge in [0.1, 0.15) is 0 Å². The summed E-state index contributed by atoms with van der Waals surface area (Å²) < 4.78 is 37.7. The summed E-state index contributed by atoms with van der Waals surface area (Å²) in [5, 5.41) is 14.5. The molecule has 0 aromatic heterocycles. The second kappa shape index (κ2) is 6.34. The zero-order chi connectivity index (χ0) is 15.5. The molecule has 1 aliphatic carbocycles. The van der Waals surface area contributed by atoms with Crippen LogP contribution in [0.25, 0.3) is 0 Å². The Balaban J connectivity index is 1.91. The summed E-state index contributed by atoms with van der Waals surface area (Å²) in [6.45, 7) is 0. The highest BCUT2D eigenvalue weighted by molar-refractivity contribution is 5.89. The summed E-state index contributed by atoms with van der Waals surface area (Å²) >= 11 is 0. The van der Waals surface area contributed by atoms with Crippen molar-refractivity contribution in [1.82, 2.24) is 5.32 Å². The van der Waals surface area contributed by atoms with Crippen LogP contribution in [-0.2, 0) is 6.18 Å². The van der Waals surface area contributed by atoms with Crippen molar-refractivity contribution >= 4 is 11.7 Å². The molecule has 0 heterocycles. The van der Waals surface area contributed by atoms with Crippen LogP contribution in [0.5, 0.6) is 0 Å². The van der Waals surface area contributed by atoms with E-state index in [1.54, 1.807) is 0 Å². The van der Waals surface area contributed by atoms with E-state index in [1.807, 2.05) is 0 Å². The highest BCUT2D eigenvalue weighted by Gasteiger charge is 2.30. The lowest BCUT2D eigenvalue weighted by Crippen LogP contribution is -2.40. The first kappa shape index (κ1) is 15.6. The third-order valence-corrected chi connectivity index (χ3v) is 3.48. The van der Waals surface area contributed by atoms with Crippen molar-refractivity contribution in [2.24, 2.45) is 0 Å². The van der Waals surface area contributed by atoms with Gasteiger partial charge in [-0.25, -0.2) is 4.79 Å². The van der Waals surface area contributed by atoms with E-state index in [0.29, 0.717) is 25.7 Å². The molecule has 0 atom stereocenters. The molecule has 3 N–H and O–H groups in total. The van der Waals surface area contributed by atoms with Crippen molar-refractivity contribution in [3.05, 3.63) is 29.8 Å². The van der Waals surface area contributed by atoms with Gasteiger partial charge in [-0.15, -0.1) is 0 Å². The summed E-state index contributed by atoms with van der Waals surface area (Å²) in [6.07, 6.45) is -2.19. The van der Waals surface area contributed by atoms with Gasteiger partial charge in [0.15, 0.2) is 0 Å². The molecular formula is C14H17F3N2O2. The number of aliphatic hydroxyl groups is 1. The molecule has 4 nitrogen and oxygen atoms in total. The van der Waals surface area contributed by atoms with E-state index in [9.17, 15) is 23.1 Å². The highest BCUT2D eigenvalue weighted by atomic mass is 19.4. The van der Waals surface area contributed by atoms with Crippen LogP contribution in [0.1, 0.15) is 31.2 Å². The van der Waals surface area contributed by atoms with Gasteiger partial charge in [0.25, 0.3) is 0 Å². The minimum absolute atomic E-state index is 0.0563. The second-order valence-corrected chi connectivity index (χ2v) is 5.18. The molecule has 0 radical (unpaired) electrons. The predicted molar refractivity (Wildman–Crippen MR) is 71.9 cm³/mol. The minimum Gasteiger partial charge on any atom is -0.393 e. The highest BCUT2D eigenvalue weighted by Crippen LogP contribution is 2.30. The Bertz CT molecular complexity index is 497. The number of halogens is 3. The summed E-state index contributed by atoms with van der Waals surface area (Å²) in [5.41, 5.74) is -0.709. The number of rotatable bonds is 2. The number of alkyl halides is 3. The molecule has 0 aliphatic heterocycles. The van der Waals surface area contributed by atoms with Gasteiger partial charge in [0, 0.05) is 11.7 Å². The fourth-order valence-electron chi connectivity index (χ4n) is 2.35. The van der Waals surface area contributed by atoms with Crippen molar-refractivity contribution in [3.63, 3.8) is 0 Å². The minimum atomic E-state index is -4.44. The standard InChI is InChI=1S/C14H17F3N2O2/c15-14(16,17)9-2-1-3-11(8-9)19-13(21)18-10-4-6-12(20)7-5-10/h1-3,8,10,12,20H,4-7H2,(H2,18,19,21). The molecule has 0 bridgehead atoms. The molecule has 0 unspecified atom stereocenters. The molecule has 116 valence electrons. The normalized spacial score (nSPS) is 22.7. The van der Waals surface area contributed by atoms with Crippen LogP contribution >= 0.6 is 0 Å². The van der Waals surface area contributed by atoms with Crippen molar-refractivity contribution in [2.75, 3.05) is 5.32 Å². The lowest BCUT2D eigenvalue weighted by Gasteiger charge is -2.26. The number of nitrogens with one attached hydrogen (secondary N) is 2. The first-order valence-electron chi connectivity index (χ1n) is 6.77. The van der Waals surface area contributed by atoms with Gasteiger partial charge in [-0.05, 0) is 43.9 Å². The SMILES string of the molecule is O=C(Nc1cccc(C(F)(F)F)c1)NC1CCC(O)CC1. The monoisotopic (exact) mass is 302 g/mol. The molecule has 1 aliphatic rings. The summed E-state index contributed by atoms with van der Waals surface area (Å²) in [5.74, 6) is 0. The maximum Gasteiger partial charge on any atom is 0.416 e. The van der Waals surface area contributed by atoms with E-state index < -0.39 is 17.8 Å². The number of aliphatic hydroxyl groups excluding tert-OH is 1. The molecular weight excluding hydrogens is 285 g/mol. The molecule has 0 spiro atoms. The predicted octanol–water partition coefficient (Wildman–Crippen LogP) is 3.13. The lowest BCUT2D eigenvalue weighted by molar-refractivity contribution is -0.137. The summed E-state index contributed by atoms with van der Waals surface area (Å²) in [6, 6.07) is 3.90. The average molecular weight is 302 g/mol. The first-order chi connectivity index (χ1) is 9.84. The van der Waals surface area contributed by atoms with Crippen LogP contribution in [-0.4, -0.2) is 23.3 Å². The third-order valence-electron chi connectivity index (χ3n) is 3.48. The quantitative estimate of drug-likeness (QED) is 0.786. The number of anilines is 1. The smallest absolute Gasteiger partial charge is 0.393 e. The van der Waals surface area contributed by atoms with Gasteiger partial charge < -0.3 is 15.7 Å². The van der Waals surface area contributed by atoms with Gasteiger partial charge in [0.05, 0.1) is 11.7 Å². The fourth-order valence-corrected chi connectivity index (χ4v) is 2.35. The van der Waals surface area contributed by atoms with Gasteiger partial charge >= 0.3 is 12.2 Å². The lowest BCUT2D eigenvalue weighted by atomic mass is 9.93. The van der Waals surface area contributed by atoms with Gasteiger partial charge in [-0.3, -0.25) is 0 Å². The largest absolute Gasteiger partial charge is 0.416 e. The Hall–Kier alpha value is -1.76. The Kier molecular flexibility index (Phi) is 4.72. The number of benzene rings is 1. The maximum atomic E-state index is 12.6. The van der Waals surface area contributed by atoms with Crippen LogP contribution in [0.15, 0.2) is 24.3 Å². The molecule has 1 saturated carbocycles. The zero-order valence-corrected chi connectivity index (χ0v) is 11.3. The average Bonchev–Trinajstić information content (AvgIpc) is 2.41. The van der Waals surface area contributed by atoms with E-state index in [1.165, 1.54) is 12.1 Å². The fraction of sp³-hybridized carbons (Fsp3) is 0.500. The summed E-state index contributed by atoms with van der Waals surface area (Å²) in [7, 11) is 0. The Morgan fingerprint density at radius 2 is 1.86 bits per heavy atom. The van der Waals surface area contributed by atoms with Crippen LogP contribution in [0.4, 0.5) is 23.7 Å². The van der Waals surface area contributed by atoms with Crippen LogP contribution < -0.4 is 10.6 Å². The number of carbonyl (C=O) groups is 1. The Morgan fingerprint density at radius 1 is 1.19 bits per heavy atom. The maximum absolute atomic E-state index is 12.6. The number of carbonyl (C=O) groups excluding carboxylic acids is 1. The summed E-state index contributed by atoms with van der Waals surface area (Å²) in [4.78, 5) is 11.8. The van der Waals surface area contributed by atoms with Crippen LogP contribution in [0.2, 0.25) is 0 Å². The van der Waals surface area contributed by atoms with Crippen molar-refractivity contribution < 1.29 is 23.1 Å². The van der Waals surface area contributed by atoms with Crippen LogP contribution in [0, 0.1) is 0 Å². The van der Waals surface area contributed by atoms with Gasteiger partial charge in [-0.2, -0.15) is 13.2 Å². The van der Waals surface area contributed by atoms with Crippen LogP contribution in [0.3, 0.4) is 0 Å². The molecule has 1 aromatic carbocycles. The molecule has 1 aromatic rings. The number of amides is 2.